The molecule has 1 aromatic heterocycles. The van der Waals surface area contributed by atoms with Crippen LogP contribution in [0.15, 0.2) is 36.7 Å². The molecule has 0 spiro atoms. The van der Waals surface area contributed by atoms with Crippen molar-refractivity contribution in [3.8, 4) is 0 Å². The second-order valence-electron chi connectivity index (χ2n) is 6.64. The smallest absolute Gasteiger partial charge is 0.225 e. The molecule has 2 heterocycles. The maximum absolute atomic E-state index is 12.8. The normalized spacial score (nSPS) is 21.6. The van der Waals surface area contributed by atoms with Crippen molar-refractivity contribution in [1.29, 1.82) is 0 Å². The van der Waals surface area contributed by atoms with Crippen LogP contribution in [0, 0.1) is 5.92 Å². The van der Waals surface area contributed by atoms with Crippen molar-refractivity contribution >= 4 is 5.91 Å². The van der Waals surface area contributed by atoms with Crippen molar-refractivity contribution in [3.05, 3.63) is 53.3 Å². The van der Waals surface area contributed by atoms with Crippen LogP contribution in [0.4, 0.5) is 0 Å². The van der Waals surface area contributed by atoms with E-state index in [-0.39, 0.29) is 23.8 Å². The van der Waals surface area contributed by atoms with Crippen LogP contribution in [0.3, 0.4) is 0 Å². The van der Waals surface area contributed by atoms with E-state index in [0.29, 0.717) is 6.54 Å². The number of rotatable bonds is 5. The second-order valence-corrected chi connectivity index (χ2v) is 6.64. The number of carbonyl (C=O) groups excluding carboxylic acids is 1. The molecule has 1 fully saturated rings. The zero-order valence-corrected chi connectivity index (χ0v) is 14.6. The molecule has 0 bridgehead atoms. The van der Waals surface area contributed by atoms with Gasteiger partial charge in [0.15, 0.2) is 0 Å². The molecule has 1 aliphatic rings. The van der Waals surface area contributed by atoms with Crippen LogP contribution in [0.2, 0.25) is 0 Å². The summed E-state index contributed by atoms with van der Waals surface area (Å²) in [5, 5.41) is 10.8. The van der Waals surface area contributed by atoms with E-state index in [1.54, 1.807) is 4.68 Å². The summed E-state index contributed by atoms with van der Waals surface area (Å²) in [4.78, 5) is 12.8. The summed E-state index contributed by atoms with van der Waals surface area (Å²) in [5.41, 5.74) is 3.58. The Bertz CT molecular complexity index is 692. The summed E-state index contributed by atoms with van der Waals surface area (Å²) in [6, 6.07) is 8.49. The van der Waals surface area contributed by atoms with E-state index in [1.165, 1.54) is 5.56 Å². The third kappa shape index (κ3) is 3.51. The molecule has 3 rings (SSSR count). The van der Waals surface area contributed by atoms with Gasteiger partial charge in [-0.3, -0.25) is 9.48 Å². The molecule has 0 saturated carbocycles. The summed E-state index contributed by atoms with van der Waals surface area (Å²) >= 11 is 0. The van der Waals surface area contributed by atoms with E-state index in [4.69, 9.17) is 0 Å². The maximum atomic E-state index is 12.8. The molecule has 2 N–H and O–H groups in total. The predicted molar refractivity (Wildman–Crippen MR) is 94.7 cm³/mol. The van der Waals surface area contributed by atoms with E-state index < -0.39 is 0 Å². The number of aryl methyl sites for hydroxylation is 2. The minimum atomic E-state index is -0.0495. The lowest BCUT2D eigenvalue weighted by molar-refractivity contribution is -0.125. The molecule has 1 unspecified atom stereocenters. The van der Waals surface area contributed by atoms with E-state index >= 15 is 0 Å². The fourth-order valence-electron chi connectivity index (χ4n) is 3.38. The maximum Gasteiger partial charge on any atom is 0.225 e. The van der Waals surface area contributed by atoms with Gasteiger partial charge in [-0.05, 0) is 30.0 Å². The standard InChI is InChI=1S/C19H26N4O/c1-4-14-5-7-15(8-6-14)13(2)22-19(24)18-11-20-10-17(18)16-9-21-23(3)12-16/h5-9,12-13,17-18,20H,4,10-11H2,1-3H3,(H,22,24)/t13?,17-,18+/m1/s1. The fourth-order valence-corrected chi connectivity index (χ4v) is 3.38. The highest BCUT2D eigenvalue weighted by Crippen LogP contribution is 2.28. The summed E-state index contributed by atoms with van der Waals surface area (Å²) in [5.74, 6) is 0.251. The van der Waals surface area contributed by atoms with Crippen LogP contribution in [-0.4, -0.2) is 28.8 Å². The third-order valence-corrected chi connectivity index (χ3v) is 4.95. The summed E-state index contributed by atoms with van der Waals surface area (Å²) in [7, 11) is 1.91. The van der Waals surface area contributed by atoms with Gasteiger partial charge >= 0.3 is 0 Å². The molecule has 24 heavy (non-hydrogen) atoms. The van der Waals surface area contributed by atoms with Gasteiger partial charge in [0, 0.05) is 32.3 Å². The van der Waals surface area contributed by atoms with Gasteiger partial charge in [-0.1, -0.05) is 31.2 Å². The first-order chi connectivity index (χ1) is 11.6. The Morgan fingerprint density at radius 1 is 1.38 bits per heavy atom. The molecular weight excluding hydrogens is 300 g/mol. The molecular formula is C19H26N4O. The van der Waals surface area contributed by atoms with Crippen molar-refractivity contribution < 1.29 is 4.79 Å². The monoisotopic (exact) mass is 326 g/mol. The number of hydrogen-bond acceptors (Lipinski definition) is 3. The Labute approximate surface area is 143 Å². The fraction of sp³-hybridized carbons (Fsp3) is 0.474. The Kier molecular flexibility index (Phi) is 5.00. The van der Waals surface area contributed by atoms with E-state index in [0.717, 1.165) is 24.1 Å². The number of carbonyl (C=O) groups is 1. The average molecular weight is 326 g/mol. The van der Waals surface area contributed by atoms with Crippen molar-refractivity contribution in [2.45, 2.75) is 32.2 Å². The largest absolute Gasteiger partial charge is 0.349 e. The highest BCUT2D eigenvalue weighted by molar-refractivity contribution is 5.81. The Hall–Kier alpha value is -2.14. The lowest BCUT2D eigenvalue weighted by atomic mass is 9.90. The minimum absolute atomic E-state index is 0.0126. The van der Waals surface area contributed by atoms with Crippen molar-refractivity contribution in [2.24, 2.45) is 13.0 Å². The van der Waals surface area contributed by atoms with Gasteiger partial charge in [-0.25, -0.2) is 0 Å². The van der Waals surface area contributed by atoms with Gasteiger partial charge < -0.3 is 10.6 Å². The van der Waals surface area contributed by atoms with Gasteiger partial charge in [0.25, 0.3) is 0 Å². The summed E-state index contributed by atoms with van der Waals surface area (Å²) in [6.45, 7) is 5.72. The van der Waals surface area contributed by atoms with Crippen LogP contribution >= 0.6 is 0 Å². The van der Waals surface area contributed by atoms with Gasteiger partial charge in [0.2, 0.25) is 5.91 Å². The quantitative estimate of drug-likeness (QED) is 0.885. The lowest BCUT2D eigenvalue weighted by Gasteiger charge is -2.21. The van der Waals surface area contributed by atoms with Gasteiger partial charge in [0.1, 0.15) is 0 Å². The third-order valence-electron chi connectivity index (χ3n) is 4.95. The number of amides is 1. The summed E-state index contributed by atoms with van der Waals surface area (Å²) < 4.78 is 1.79. The Balaban J connectivity index is 1.66. The molecule has 1 amide bonds. The summed E-state index contributed by atoms with van der Waals surface area (Å²) in [6.07, 6.45) is 4.90. The van der Waals surface area contributed by atoms with E-state index in [9.17, 15) is 4.79 Å². The Morgan fingerprint density at radius 3 is 2.75 bits per heavy atom. The molecule has 3 atom stereocenters. The molecule has 1 saturated heterocycles. The zero-order valence-electron chi connectivity index (χ0n) is 14.6. The van der Waals surface area contributed by atoms with Crippen LogP contribution in [0.1, 0.15) is 42.5 Å². The van der Waals surface area contributed by atoms with Gasteiger partial charge in [0.05, 0.1) is 18.2 Å². The number of nitrogens with one attached hydrogen (secondary N) is 2. The minimum Gasteiger partial charge on any atom is -0.349 e. The molecule has 5 nitrogen and oxygen atoms in total. The van der Waals surface area contributed by atoms with Crippen LogP contribution in [0.25, 0.3) is 0 Å². The lowest BCUT2D eigenvalue weighted by Crippen LogP contribution is -2.35. The molecule has 2 aromatic rings. The zero-order chi connectivity index (χ0) is 17.1. The van der Waals surface area contributed by atoms with Crippen LogP contribution < -0.4 is 10.6 Å². The topological polar surface area (TPSA) is 59.0 Å². The molecule has 1 aliphatic heterocycles. The van der Waals surface area contributed by atoms with Crippen molar-refractivity contribution in [2.75, 3.05) is 13.1 Å². The highest BCUT2D eigenvalue weighted by atomic mass is 16.2. The van der Waals surface area contributed by atoms with Gasteiger partial charge in [-0.2, -0.15) is 5.10 Å². The molecule has 5 heteroatoms. The SMILES string of the molecule is CCc1ccc(C(C)NC(=O)[C@H]2CNC[C@@H]2c2cnn(C)c2)cc1. The van der Waals surface area contributed by atoms with E-state index in [2.05, 4.69) is 46.9 Å². The molecule has 1 aromatic carbocycles. The van der Waals surface area contributed by atoms with Crippen molar-refractivity contribution in [1.82, 2.24) is 20.4 Å². The van der Waals surface area contributed by atoms with E-state index in [1.807, 2.05) is 26.4 Å². The number of hydrogen-bond donors (Lipinski definition) is 2. The number of aromatic nitrogens is 2. The first-order valence-corrected chi connectivity index (χ1v) is 8.67. The van der Waals surface area contributed by atoms with Crippen LogP contribution in [0.5, 0.6) is 0 Å². The first kappa shape index (κ1) is 16.7. The Morgan fingerprint density at radius 2 is 2.12 bits per heavy atom. The number of nitrogens with zero attached hydrogens (tertiary/aromatic N) is 2. The molecule has 0 aliphatic carbocycles. The highest BCUT2D eigenvalue weighted by Gasteiger charge is 2.35. The average Bonchev–Trinajstić information content (AvgIpc) is 3.23. The first-order valence-electron chi connectivity index (χ1n) is 8.67. The van der Waals surface area contributed by atoms with Crippen LogP contribution in [-0.2, 0) is 18.3 Å². The number of benzene rings is 1. The predicted octanol–water partition coefficient (Wildman–Crippen LogP) is 2.16. The van der Waals surface area contributed by atoms with Gasteiger partial charge in [-0.15, -0.1) is 0 Å². The molecule has 0 radical (unpaired) electrons. The van der Waals surface area contributed by atoms with Crippen molar-refractivity contribution in [3.63, 3.8) is 0 Å². The second kappa shape index (κ2) is 7.18. The molecule has 128 valence electrons.